The molecule has 0 bridgehead atoms. The zero-order chi connectivity index (χ0) is 37.8. The van der Waals surface area contributed by atoms with Crippen LogP contribution in [0, 0.1) is 11.6 Å². The summed E-state index contributed by atoms with van der Waals surface area (Å²) in [7, 11) is 0. The summed E-state index contributed by atoms with van der Waals surface area (Å²) in [6.07, 6.45) is 1.87. The maximum absolute atomic E-state index is 15.1. The highest BCUT2D eigenvalue weighted by Crippen LogP contribution is 2.47. The van der Waals surface area contributed by atoms with E-state index in [0.717, 1.165) is 47.2 Å². The molecule has 4 atom stereocenters. The highest BCUT2D eigenvalue weighted by molar-refractivity contribution is 5.93. The molecule has 0 N–H and O–H groups in total. The first kappa shape index (κ1) is 37.4. The van der Waals surface area contributed by atoms with Crippen LogP contribution in [0.1, 0.15) is 84.2 Å². The fourth-order valence-electron chi connectivity index (χ4n) is 6.26. The molecule has 2 fully saturated rings. The van der Waals surface area contributed by atoms with E-state index in [9.17, 15) is 9.59 Å². The molecule has 2 saturated heterocycles. The molecule has 0 aromatic heterocycles. The summed E-state index contributed by atoms with van der Waals surface area (Å²) >= 11 is 0. The van der Waals surface area contributed by atoms with Crippen LogP contribution in [0.5, 0.6) is 23.0 Å². The minimum atomic E-state index is -0.854. The number of fused-ring (bicyclic) bond motifs is 3. The van der Waals surface area contributed by atoms with Crippen molar-refractivity contribution in [2.45, 2.75) is 77.2 Å². The summed E-state index contributed by atoms with van der Waals surface area (Å²) in [4.78, 5) is 26.1. The van der Waals surface area contributed by atoms with Crippen LogP contribution in [0.25, 0.3) is 11.1 Å². The number of carbonyl (C=O) groups is 2. The molecule has 1 aliphatic carbocycles. The van der Waals surface area contributed by atoms with Gasteiger partial charge in [-0.25, -0.2) is 18.4 Å². The summed E-state index contributed by atoms with van der Waals surface area (Å²) in [6, 6.07) is 18.4. The van der Waals surface area contributed by atoms with Crippen LogP contribution in [0.15, 0.2) is 72.8 Å². The summed E-state index contributed by atoms with van der Waals surface area (Å²) in [5, 5.41) is 0. The monoisotopic (exact) mass is 744 g/mol. The normalized spacial score (nSPS) is 18.9. The fourth-order valence-corrected chi connectivity index (χ4v) is 6.26. The average Bonchev–Trinajstić information content (AvgIpc) is 4.09. The molecule has 10 nitrogen and oxygen atoms in total. The second-order valence-electron chi connectivity index (χ2n) is 13.5. The number of ether oxygens (including phenoxy) is 8. The van der Waals surface area contributed by atoms with E-state index in [1.54, 1.807) is 24.3 Å². The van der Waals surface area contributed by atoms with Gasteiger partial charge < -0.3 is 37.9 Å². The third-order valence-electron chi connectivity index (χ3n) is 9.34. The second-order valence-corrected chi connectivity index (χ2v) is 13.5. The van der Waals surface area contributed by atoms with Gasteiger partial charge in [0.2, 0.25) is 0 Å². The Morgan fingerprint density at radius 3 is 1.43 bits per heavy atom. The van der Waals surface area contributed by atoms with E-state index in [-0.39, 0.29) is 52.3 Å². The van der Waals surface area contributed by atoms with Crippen LogP contribution in [0.3, 0.4) is 0 Å². The van der Waals surface area contributed by atoms with Crippen molar-refractivity contribution in [2.24, 2.45) is 0 Å². The Balaban J connectivity index is 0.971. The molecular formula is C42H42F2O10. The zero-order valence-electron chi connectivity index (χ0n) is 30.3. The van der Waals surface area contributed by atoms with Gasteiger partial charge in [-0.15, -0.1) is 0 Å². The van der Waals surface area contributed by atoms with E-state index in [1.807, 2.05) is 32.9 Å². The van der Waals surface area contributed by atoms with Crippen LogP contribution in [0.2, 0.25) is 0 Å². The molecule has 0 amide bonds. The Kier molecular flexibility index (Phi) is 11.5. The molecule has 54 heavy (non-hydrogen) atoms. The van der Waals surface area contributed by atoms with Crippen molar-refractivity contribution < 1.29 is 56.3 Å². The summed E-state index contributed by atoms with van der Waals surface area (Å²) in [5.41, 5.74) is 3.10. The molecule has 3 aliphatic rings. The molecule has 4 aromatic rings. The predicted octanol–water partition coefficient (Wildman–Crippen LogP) is 8.38. The minimum Gasteiger partial charge on any atom is -0.465 e. The van der Waals surface area contributed by atoms with Gasteiger partial charge in [-0.1, -0.05) is 45.7 Å². The minimum absolute atomic E-state index is 0.0711. The number of epoxide rings is 2. The topological polar surface area (TPSA) is 115 Å². The summed E-state index contributed by atoms with van der Waals surface area (Å²) in [5.74, 6) is -2.46. The summed E-state index contributed by atoms with van der Waals surface area (Å²) in [6.45, 7) is 8.07. The molecule has 0 radical (unpaired) electrons. The van der Waals surface area contributed by atoms with Crippen molar-refractivity contribution in [2.75, 3.05) is 26.4 Å². The van der Waals surface area contributed by atoms with Crippen molar-refractivity contribution in [1.82, 2.24) is 0 Å². The molecule has 4 aromatic carbocycles. The maximum atomic E-state index is 15.1. The summed E-state index contributed by atoms with van der Waals surface area (Å²) < 4.78 is 74.9. The first-order valence-electron chi connectivity index (χ1n) is 18.3. The van der Waals surface area contributed by atoms with Crippen molar-refractivity contribution in [3.8, 4) is 34.1 Å². The molecular weight excluding hydrogens is 702 g/mol. The van der Waals surface area contributed by atoms with Gasteiger partial charge in [-0.05, 0) is 70.8 Å². The fraction of sp³-hybridized carbons (Fsp3) is 0.381. The number of rotatable bonds is 18. The quantitative estimate of drug-likeness (QED) is 0.0426. The molecule has 0 spiro atoms. The van der Waals surface area contributed by atoms with E-state index in [2.05, 4.69) is 0 Å². The smallest absolute Gasteiger partial charge is 0.346 e. The van der Waals surface area contributed by atoms with Gasteiger partial charge in [0.05, 0.1) is 37.6 Å². The standard InChI is InChI=1S/C42H42F2O10/c1-4-6-39(49-22-29-20-47-29)51-27-10-14-33(37(43)18-27)41(45)53-25-8-12-31-32-13-9-26(17-36(32)24(3)35(31)16-25)54-42(46)34-15-11-28(19-38(34)44)52-40(7-5-2)50-23-30-21-48-30/h8-19,24,29-30,39-40H,4-7,20-23H2,1-3H3. The lowest BCUT2D eigenvalue weighted by Gasteiger charge is -2.19. The molecule has 7 rings (SSSR count). The first-order chi connectivity index (χ1) is 26.2. The molecule has 2 heterocycles. The predicted molar refractivity (Wildman–Crippen MR) is 192 cm³/mol. The van der Waals surface area contributed by atoms with Crippen molar-refractivity contribution in [3.05, 3.63) is 107 Å². The van der Waals surface area contributed by atoms with E-state index < -0.39 is 36.2 Å². The Hall–Kier alpha value is -4.88. The Morgan fingerprint density at radius 2 is 1.06 bits per heavy atom. The van der Waals surface area contributed by atoms with Crippen molar-refractivity contribution in [1.29, 1.82) is 0 Å². The highest BCUT2D eigenvalue weighted by atomic mass is 19.1. The third kappa shape index (κ3) is 9.07. The maximum Gasteiger partial charge on any atom is 0.346 e. The Labute approximate surface area is 312 Å². The van der Waals surface area contributed by atoms with Gasteiger partial charge in [0.15, 0.2) is 12.6 Å². The van der Waals surface area contributed by atoms with Crippen molar-refractivity contribution >= 4 is 11.9 Å². The third-order valence-corrected chi connectivity index (χ3v) is 9.34. The largest absolute Gasteiger partial charge is 0.465 e. The molecule has 0 saturated carbocycles. The van der Waals surface area contributed by atoms with Crippen LogP contribution in [0.4, 0.5) is 8.78 Å². The van der Waals surface area contributed by atoms with E-state index >= 15 is 8.78 Å². The average molecular weight is 745 g/mol. The molecule has 2 aliphatic heterocycles. The number of halogens is 2. The number of hydrogen-bond donors (Lipinski definition) is 0. The van der Waals surface area contributed by atoms with E-state index in [1.165, 1.54) is 24.3 Å². The van der Waals surface area contributed by atoms with Crippen LogP contribution in [-0.2, 0) is 18.9 Å². The number of esters is 2. The SMILES string of the molecule is CCCC(OCC1CO1)Oc1ccc(C(=O)Oc2ccc3c(c2)C(C)c2cc(OC(=O)c4ccc(OC(CCC)OCC5CO5)cc4F)ccc2-3)c(F)c1. The Morgan fingerprint density at radius 1 is 0.648 bits per heavy atom. The van der Waals surface area contributed by atoms with Gasteiger partial charge in [-0.3, -0.25) is 0 Å². The van der Waals surface area contributed by atoms with E-state index in [0.29, 0.717) is 39.3 Å². The number of hydrogen-bond acceptors (Lipinski definition) is 10. The zero-order valence-corrected chi connectivity index (χ0v) is 30.3. The van der Waals surface area contributed by atoms with Gasteiger partial charge in [0, 0.05) is 30.9 Å². The number of benzene rings is 4. The van der Waals surface area contributed by atoms with Gasteiger partial charge in [-0.2, -0.15) is 0 Å². The van der Waals surface area contributed by atoms with Crippen molar-refractivity contribution in [3.63, 3.8) is 0 Å². The Bertz CT molecular complexity index is 1850. The second kappa shape index (κ2) is 16.6. The lowest BCUT2D eigenvalue weighted by Crippen LogP contribution is -2.23. The lowest BCUT2D eigenvalue weighted by molar-refractivity contribution is -0.0888. The van der Waals surface area contributed by atoms with E-state index in [4.69, 9.17) is 37.9 Å². The molecule has 12 heteroatoms. The lowest BCUT2D eigenvalue weighted by atomic mass is 9.99. The van der Waals surface area contributed by atoms with Crippen LogP contribution >= 0.6 is 0 Å². The molecule has 284 valence electrons. The highest BCUT2D eigenvalue weighted by Gasteiger charge is 2.29. The van der Waals surface area contributed by atoms with Gasteiger partial charge in [0.25, 0.3) is 0 Å². The van der Waals surface area contributed by atoms with Crippen LogP contribution in [-0.4, -0.2) is 63.2 Å². The van der Waals surface area contributed by atoms with Crippen LogP contribution < -0.4 is 18.9 Å². The number of carbonyl (C=O) groups excluding carboxylic acids is 2. The first-order valence-corrected chi connectivity index (χ1v) is 18.3. The van der Waals surface area contributed by atoms with Gasteiger partial charge in [0.1, 0.15) is 46.8 Å². The molecule has 4 unspecified atom stereocenters. The van der Waals surface area contributed by atoms with Gasteiger partial charge >= 0.3 is 11.9 Å².